The minimum atomic E-state index is 0.0183. The standard InChI is InChI=1S/C13H20N2O/c1-10-4-6-13(7-5-10)11(2)14-8-9-15-12(3)16/h4-7,11,14H,8-9H2,1-3H3,(H,15,16)/t11-/m0/s1. The lowest BCUT2D eigenvalue weighted by atomic mass is 10.1. The number of carbonyl (C=O) groups is 1. The normalized spacial score (nSPS) is 12.2. The molecule has 0 bridgehead atoms. The van der Waals surface area contributed by atoms with E-state index < -0.39 is 0 Å². The number of hydrogen-bond donors (Lipinski definition) is 2. The van der Waals surface area contributed by atoms with Gasteiger partial charge < -0.3 is 10.6 Å². The maximum atomic E-state index is 10.7. The maximum absolute atomic E-state index is 10.7. The van der Waals surface area contributed by atoms with E-state index in [1.807, 2.05) is 0 Å². The molecular formula is C13H20N2O. The van der Waals surface area contributed by atoms with Gasteiger partial charge >= 0.3 is 0 Å². The van der Waals surface area contributed by atoms with Crippen molar-refractivity contribution in [2.24, 2.45) is 0 Å². The fraction of sp³-hybridized carbons (Fsp3) is 0.462. The minimum absolute atomic E-state index is 0.0183. The number of amides is 1. The summed E-state index contributed by atoms with van der Waals surface area (Å²) in [5, 5.41) is 6.12. The van der Waals surface area contributed by atoms with Crippen LogP contribution >= 0.6 is 0 Å². The molecule has 0 saturated carbocycles. The van der Waals surface area contributed by atoms with Crippen LogP contribution in [0.15, 0.2) is 24.3 Å². The Bertz CT molecular complexity index is 332. The molecule has 3 heteroatoms. The summed E-state index contributed by atoms with van der Waals surface area (Å²) in [7, 11) is 0. The highest BCUT2D eigenvalue weighted by Crippen LogP contribution is 2.12. The molecule has 0 aliphatic rings. The van der Waals surface area contributed by atoms with Crippen molar-refractivity contribution in [3.63, 3.8) is 0 Å². The molecule has 0 heterocycles. The van der Waals surface area contributed by atoms with E-state index in [0.717, 1.165) is 6.54 Å². The van der Waals surface area contributed by atoms with Gasteiger partial charge in [0.1, 0.15) is 0 Å². The van der Waals surface area contributed by atoms with Gasteiger partial charge in [-0.3, -0.25) is 4.79 Å². The quantitative estimate of drug-likeness (QED) is 0.743. The monoisotopic (exact) mass is 220 g/mol. The molecule has 0 aliphatic heterocycles. The Kier molecular flexibility index (Phi) is 4.99. The molecule has 88 valence electrons. The predicted molar refractivity (Wildman–Crippen MR) is 66.3 cm³/mol. The largest absolute Gasteiger partial charge is 0.355 e. The number of rotatable bonds is 5. The summed E-state index contributed by atoms with van der Waals surface area (Å²) < 4.78 is 0. The number of aryl methyl sites for hydroxylation is 1. The van der Waals surface area contributed by atoms with Crippen LogP contribution in [0.25, 0.3) is 0 Å². The number of carbonyl (C=O) groups excluding carboxylic acids is 1. The van der Waals surface area contributed by atoms with Crippen LogP contribution in [-0.4, -0.2) is 19.0 Å². The summed E-state index contributed by atoms with van der Waals surface area (Å²) in [6.45, 7) is 7.20. The average molecular weight is 220 g/mol. The molecule has 16 heavy (non-hydrogen) atoms. The van der Waals surface area contributed by atoms with E-state index in [4.69, 9.17) is 0 Å². The second-order valence-electron chi connectivity index (χ2n) is 4.07. The average Bonchev–Trinajstić information content (AvgIpc) is 2.25. The SMILES string of the molecule is CC(=O)NCCN[C@@H](C)c1ccc(C)cc1. The van der Waals surface area contributed by atoms with Crippen molar-refractivity contribution in [3.8, 4) is 0 Å². The molecule has 0 fully saturated rings. The zero-order chi connectivity index (χ0) is 12.0. The van der Waals surface area contributed by atoms with Gasteiger partial charge in [-0.2, -0.15) is 0 Å². The molecule has 0 aromatic heterocycles. The van der Waals surface area contributed by atoms with Crippen LogP contribution < -0.4 is 10.6 Å². The first-order valence-corrected chi connectivity index (χ1v) is 5.64. The lowest BCUT2D eigenvalue weighted by Crippen LogP contribution is -2.31. The van der Waals surface area contributed by atoms with Crippen molar-refractivity contribution in [3.05, 3.63) is 35.4 Å². The van der Waals surface area contributed by atoms with Crippen LogP contribution in [-0.2, 0) is 4.79 Å². The van der Waals surface area contributed by atoms with E-state index in [1.165, 1.54) is 18.1 Å². The molecule has 1 aromatic carbocycles. The second kappa shape index (κ2) is 6.28. The highest BCUT2D eigenvalue weighted by molar-refractivity contribution is 5.72. The van der Waals surface area contributed by atoms with Crippen molar-refractivity contribution in [1.29, 1.82) is 0 Å². The smallest absolute Gasteiger partial charge is 0.216 e. The second-order valence-corrected chi connectivity index (χ2v) is 4.07. The van der Waals surface area contributed by atoms with Gasteiger partial charge in [0.25, 0.3) is 0 Å². The van der Waals surface area contributed by atoms with Crippen LogP contribution in [0.4, 0.5) is 0 Å². The van der Waals surface area contributed by atoms with Crippen molar-refractivity contribution in [2.45, 2.75) is 26.8 Å². The fourth-order valence-electron chi connectivity index (χ4n) is 1.50. The van der Waals surface area contributed by atoms with Gasteiger partial charge in [0.15, 0.2) is 0 Å². The van der Waals surface area contributed by atoms with Crippen molar-refractivity contribution < 1.29 is 4.79 Å². The topological polar surface area (TPSA) is 41.1 Å². The van der Waals surface area contributed by atoms with Crippen LogP contribution in [0.5, 0.6) is 0 Å². The number of nitrogens with one attached hydrogen (secondary N) is 2. The first-order valence-electron chi connectivity index (χ1n) is 5.64. The fourth-order valence-corrected chi connectivity index (χ4v) is 1.50. The third-order valence-corrected chi connectivity index (χ3v) is 2.53. The molecule has 0 saturated heterocycles. The van der Waals surface area contributed by atoms with Crippen LogP contribution in [0, 0.1) is 6.92 Å². The summed E-state index contributed by atoms with van der Waals surface area (Å²) >= 11 is 0. The van der Waals surface area contributed by atoms with Gasteiger partial charge in [-0.15, -0.1) is 0 Å². The molecule has 1 rings (SSSR count). The van der Waals surface area contributed by atoms with E-state index in [9.17, 15) is 4.79 Å². The van der Waals surface area contributed by atoms with Gasteiger partial charge in [0.2, 0.25) is 5.91 Å². The number of hydrogen-bond acceptors (Lipinski definition) is 2. The van der Waals surface area contributed by atoms with E-state index in [-0.39, 0.29) is 5.91 Å². The maximum Gasteiger partial charge on any atom is 0.216 e. The molecule has 1 amide bonds. The zero-order valence-corrected chi connectivity index (χ0v) is 10.2. The first kappa shape index (κ1) is 12.7. The Morgan fingerprint density at radius 3 is 2.44 bits per heavy atom. The van der Waals surface area contributed by atoms with Crippen LogP contribution in [0.1, 0.15) is 31.0 Å². The molecule has 1 atom stereocenters. The highest BCUT2D eigenvalue weighted by Gasteiger charge is 2.03. The van der Waals surface area contributed by atoms with Crippen LogP contribution in [0.2, 0.25) is 0 Å². The molecule has 0 radical (unpaired) electrons. The Morgan fingerprint density at radius 1 is 1.25 bits per heavy atom. The third kappa shape index (κ3) is 4.45. The summed E-state index contributed by atoms with van der Waals surface area (Å²) in [5.74, 6) is 0.0183. The van der Waals surface area contributed by atoms with Gasteiger partial charge in [-0.25, -0.2) is 0 Å². The summed E-state index contributed by atoms with van der Waals surface area (Å²) in [6.07, 6.45) is 0. The highest BCUT2D eigenvalue weighted by atomic mass is 16.1. The molecule has 0 aliphatic carbocycles. The molecule has 0 spiro atoms. The lowest BCUT2D eigenvalue weighted by Gasteiger charge is -2.14. The Hall–Kier alpha value is -1.35. The Balaban J connectivity index is 2.32. The molecule has 3 nitrogen and oxygen atoms in total. The third-order valence-electron chi connectivity index (χ3n) is 2.53. The van der Waals surface area contributed by atoms with E-state index in [2.05, 4.69) is 48.7 Å². The van der Waals surface area contributed by atoms with E-state index in [0.29, 0.717) is 12.6 Å². The van der Waals surface area contributed by atoms with Gasteiger partial charge in [-0.1, -0.05) is 29.8 Å². The summed E-state index contributed by atoms with van der Waals surface area (Å²) in [6, 6.07) is 8.80. The van der Waals surface area contributed by atoms with Crippen LogP contribution in [0.3, 0.4) is 0 Å². The lowest BCUT2D eigenvalue weighted by molar-refractivity contribution is -0.118. The van der Waals surface area contributed by atoms with E-state index in [1.54, 1.807) is 0 Å². The Morgan fingerprint density at radius 2 is 1.88 bits per heavy atom. The summed E-state index contributed by atoms with van der Waals surface area (Å²) in [5.41, 5.74) is 2.54. The molecule has 0 unspecified atom stereocenters. The first-order chi connectivity index (χ1) is 7.59. The van der Waals surface area contributed by atoms with Crippen molar-refractivity contribution >= 4 is 5.91 Å². The Labute approximate surface area is 97.2 Å². The number of benzene rings is 1. The molecule has 2 N–H and O–H groups in total. The summed E-state index contributed by atoms with van der Waals surface area (Å²) in [4.78, 5) is 10.7. The van der Waals surface area contributed by atoms with Gasteiger partial charge in [-0.05, 0) is 19.4 Å². The van der Waals surface area contributed by atoms with Crippen molar-refractivity contribution in [1.82, 2.24) is 10.6 Å². The zero-order valence-electron chi connectivity index (χ0n) is 10.2. The van der Waals surface area contributed by atoms with Gasteiger partial charge in [0, 0.05) is 26.1 Å². The molecular weight excluding hydrogens is 200 g/mol. The minimum Gasteiger partial charge on any atom is -0.355 e. The van der Waals surface area contributed by atoms with Crippen molar-refractivity contribution in [2.75, 3.05) is 13.1 Å². The van der Waals surface area contributed by atoms with E-state index >= 15 is 0 Å². The predicted octanol–water partition coefficient (Wildman–Crippen LogP) is 1.78. The molecule has 1 aromatic rings. The van der Waals surface area contributed by atoms with Gasteiger partial charge in [0.05, 0.1) is 0 Å².